The number of rotatable bonds is 3. The summed E-state index contributed by atoms with van der Waals surface area (Å²) in [5, 5.41) is 0. The van der Waals surface area contributed by atoms with Crippen molar-refractivity contribution in [2.45, 2.75) is 51.9 Å². The van der Waals surface area contributed by atoms with E-state index in [9.17, 15) is 8.42 Å². The van der Waals surface area contributed by atoms with Crippen LogP contribution in [0.25, 0.3) is 0 Å². The number of ether oxygens (including phenoxy) is 1. The smallest absolute Gasteiger partial charge is 0.282 e. The minimum Gasteiger partial charge on any atom is -0.373 e. The Kier molecular flexibility index (Phi) is 5.07. The third-order valence-electron chi connectivity index (χ3n) is 4.31. The number of nitrogens with two attached hydrogens (primary N) is 1. The van der Waals surface area contributed by atoms with Crippen molar-refractivity contribution in [2.24, 2.45) is 11.7 Å². The van der Waals surface area contributed by atoms with Crippen LogP contribution >= 0.6 is 0 Å². The van der Waals surface area contributed by atoms with E-state index in [1.807, 2.05) is 13.8 Å². The molecule has 0 aromatic rings. The monoisotopic (exact) mass is 305 g/mol. The minimum atomic E-state index is -3.44. The zero-order valence-corrected chi connectivity index (χ0v) is 13.5. The maximum absolute atomic E-state index is 12.9. The van der Waals surface area contributed by atoms with Crippen LogP contribution in [-0.4, -0.2) is 61.5 Å². The zero-order valence-electron chi connectivity index (χ0n) is 12.7. The number of morpholine rings is 1. The van der Waals surface area contributed by atoms with E-state index >= 15 is 0 Å². The summed E-state index contributed by atoms with van der Waals surface area (Å²) in [4.78, 5) is 0. The molecule has 2 aliphatic rings. The predicted octanol–water partition coefficient (Wildman–Crippen LogP) is 0.400. The van der Waals surface area contributed by atoms with Crippen molar-refractivity contribution in [3.8, 4) is 0 Å². The first kappa shape index (κ1) is 16.2. The van der Waals surface area contributed by atoms with E-state index < -0.39 is 10.2 Å². The Hall–Kier alpha value is -0.210. The Morgan fingerprint density at radius 1 is 1.20 bits per heavy atom. The topological polar surface area (TPSA) is 75.9 Å². The highest BCUT2D eigenvalue weighted by Crippen LogP contribution is 2.28. The summed E-state index contributed by atoms with van der Waals surface area (Å²) in [5.41, 5.74) is 5.82. The van der Waals surface area contributed by atoms with E-state index in [4.69, 9.17) is 10.5 Å². The summed E-state index contributed by atoms with van der Waals surface area (Å²) in [6, 6.07) is -0.0813. The van der Waals surface area contributed by atoms with Crippen molar-refractivity contribution in [2.75, 3.05) is 26.2 Å². The van der Waals surface area contributed by atoms with Gasteiger partial charge in [-0.3, -0.25) is 0 Å². The van der Waals surface area contributed by atoms with E-state index in [0.29, 0.717) is 32.1 Å². The van der Waals surface area contributed by atoms with Gasteiger partial charge in [0.05, 0.1) is 12.2 Å². The van der Waals surface area contributed by atoms with Gasteiger partial charge in [-0.15, -0.1) is 0 Å². The van der Waals surface area contributed by atoms with Crippen molar-refractivity contribution < 1.29 is 13.2 Å². The van der Waals surface area contributed by atoms with Gasteiger partial charge in [0.15, 0.2) is 0 Å². The van der Waals surface area contributed by atoms with Crippen LogP contribution in [-0.2, 0) is 14.9 Å². The van der Waals surface area contributed by atoms with Crippen molar-refractivity contribution in [3.05, 3.63) is 0 Å². The molecule has 2 rings (SSSR count). The van der Waals surface area contributed by atoms with Gasteiger partial charge < -0.3 is 10.5 Å². The largest absolute Gasteiger partial charge is 0.373 e. The number of hydrogen-bond acceptors (Lipinski definition) is 4. The molecule has 20 heavy (non-hydrogen) atoms. The molecule has 0 bridgehead atoms. The predicted molar refractivity (Wildman–Crippen MR) is 78.4 cm³/mol. The van der Waals surface area contributed by atoms with E-state index in [0.717, 1.165) is 12.8 Å². The Labute approximate surface area is 122 Å². The van der Waals surface area contributed by atoms with Gasteiger partial charge >= 0.3 is 0 Å². The van der Waals surface area contributed by atoms with Crippen LogP contribution in [0.1, 0.15) is 33.6 Å². The lowest BCUT2D eigenvalue weighted by Gasteiger charge is -2.43. The Morgan fingerprint density at radius 2 is 1.80 bits per heavy atom. The lowest BCUT2D eigenvalue weighted by Crippen LogP contribution is -2.59. The fourth-order valence-electron chi connectivity index (χ4n) is 3.31. The SMILES string of the molecule is C[C@@H]1CN(S(=O)(=O)N2CCC[C@H](C)[C@H]2CN)C[C@@H](C)O1. The molecule has 0 aliphatic carbocycles. The number of nitrogens with zero attached hydrogens (tertiary/aromatic N) is 2. The molecular weight excluding hydrogens is 278 g/mol. The first-order chi connectivity index (χ1) is 9.36. The molecule has 0 amide bonds. The van der Waals surface area contributed by atoms with E-state index in [2.05, 4.69) is 6.92 Å². The Morgan fingerprint density at radius 3 is 2.35 bits per heavy atom. The van der Waals surface area contributed by atoms with Gasteiger partial charge in [0.25, 0.3) is 10.2 Å². The molecule has 6 nitrogen and oxygen atoms in total. The Bertz CT molecular complexity index is 419. The first-order valence-corrected chi connectivity index (χ1v) is 8.88. The first-order valence-electron chi connectivity index (χ1n) is 7.48. The van der Waals surface area contributed by atoms with Crippen LogP contribution in [0.5, 0.6) is 0 Å². The molecule has 2 heterocycles. The molecule has 2 N–H and O–H groups in total. The fourth-order valence-corrected chi connectivity index (χ4v) is 5.40. The molecule has 0 aromatic carbocycles. The molecule has 0 radical (unpaired) electrons. The van der Waals surface area contributed by atoms with Crippen LogP contribution < -0.4 is 5.73 Å². The van der Waals surface area contributed by atoms with E-state index in [1.54, 1.807) is 8.61 Å². The molecule has 118 valence electrons. The lowest BCUT2D eigenvalue weighted by atomic mass is 9.93. The van der Waals surface area contributed by atoms with Crippen LogP contribution in [0.3, 0.4) is 0 Å². The number of hydrogen-bond donors (Lipinski definition) is 1. The average Bonchev–Trinajstić information content (AvgIpc) is 2.37. The van der Waals surface area contributed by atoms with Crippen molar-refractivity contribution in [3.63, 3.8) is 0 Å². The van der Waals surface area contributed by atoms with Crippen LogP contribution in [0, 0.1) is 5.92 Å². The third kappa shape index (κ3) is 3.17. The third-order valence-corrected chi connectivity index (χ3v) is 6.31. The quantitative estimate of drug-likeness (QED) is 0.819. The summed E-state index contributed by atoms with van der Waals surface area (Å²) >= 11 is 0. The lowest BCUT2D eigenvalue weighted by molar-refractivity contribution is -0.0462. The maximum atomic E-state index is 12.9. The van der Waals surface area contributed by atoms with Crippen molar-refractivity contribution in [1.82, 2.24) is 8.61 Å². The highest BCUT2D eigenvalue weighted by molar-refractivity contribution is 7.86. The van der Waals surface area contributed by atoms with Crippen molar-refractivity contribution >= 4 is 10.2 Å². The number of piperidine rings is 1. The van der Waals surface area contributed by atoms with Crippen LogP contribution in [0.4, 0.5) is 0 Å². The van der Waals surface area contributed by atoms with Crippen molar-refractivity contribution in [1.29, 1.82) is 0 Å². The maximum Gasteiger partial charge on any atom is 0.282 e. The Balaban J connectivity index is 2.20. The second-order valence-electron chi connectivity index (χ2n) is 6.12. The van der Waals surface area contributed by atoms with E-state index in [1.165, 1.54) is 0 Å². The van der Waals surface area contributed by atoms with Gasteiger partial charge in [0.1, 0.15) is 0 Å². The van der Waals surface area contributed by atoms with Gasteiger partial charge in [0.2, 0.25) is 0 Å². The van der Waals surface area contributed by atoms with E-state index in [-0.39, 0.29) is 18.2 Å². The summed E-state index contributed by atoms with van der Waals surface area (Å²) < 4.78 is 34.6. The molecule has 0 unspecified atom stereocenters. The molecule has 0 saturated carbocycles. The molecule has 2 saturated heterocycles. The minimum absolute atomic E-state index is 0.0629. The van der Waals surface area contributed by atoms with Gasteiger partial charge in [-0.25, -0.2) is 0 Å². The molecule has 2 aliphatic heterocycles. The molecular formula is C13H27N3O3S. The summed E-state index contributed by atoms with van der Waals surface area (Å²) in [6.07, 6.45) is 1.83. The average molecular weight is 305 g/mol. The summed E-state index contributed by atoms with van der Waals surface area (Å²) in [5.74, 6) is 0.319. The van der Waals surface area contributed by atoms with Gasteiger partial charge in [0, 0.05) is 32.2 Å². The molecule has 4 atom stereocenters. The van der Waals surface area contributed by atoms with Gasteiger partial charge in [-0.1, -0.05) is 6.92 Å². The summed E-state index contributed by atoms with van der Waals surface area (Å²) in [6.45, 7) is 7.73. The highest BCUT2D eigenvalue weighted by atomic mass is 32.2. The second kappa shape index (κ2) is 6.27. The molecule has 0 aromatic heterocycles. The fraction of sp³-hybridized carbons (Fsp3) is 1.00. The standard InChI is InChI=1S/C13H27N3O3S/c1-10-5-4-6-16(13(10)7-14)20(17,18)15-8-11(2)19-12(3)9-15/h10-13H,4-9,14H2,1-3H3/t10-,11+,12+,13+/m0/s1. The van der Waals surface area contributed by atoms with Gasteiger partial charge in [-0.2, -0.15) is 17.0 Å². The zero-order chi connectivity index (χ0) is 14.9. The second-order valence-corrected chi connectivity index (χ2v) is 8.00. The highest BCUT2D eigenvalue weighted by Gasteiger charge is 2.41. The molecule has 2 fully saturated rings. The van der Waals surface area contributed by atoms with Crippen LogP contribution in [0.2, 0.25) is 0 Å². The van der Waals surface area contributed by atoms with Gasteiger partial charge in [-0.05, 0) is 32.6 Å². The molecule has 7 heteroatoms. The summed E-state index contributed by atoms with van der Waals surface area (Å²) in [7, 11) is -3.44. The van der Waals surface area contributed by atoms with Crippen LogP contribution in [0.15, 0.2) is 0 Å². The normalized spacial score (nSPS) is 38.0. The molecule has 0 spiro atoms.